The average Bonchev–Trinajstić information content (AvgIpc) is 2.96. The van der Waals surface area contributed by atoms with Gasteiger partial charge >= 0.3 is 6.03 Å². The van der Waals surface area contributed by atoms with Crippen LogP contribution in [0.15, 0.2) is 30.5 Å². The summed E-state index contributed by atoms with van der Waals surface area (Å²) in [5, 5.41) is 16.6. The second-order valence-corrected chi connectivity index (χ2v) is 7.53. The number of urea groups is 1. The molecule has 27 heavy (non-hydrogen) atoms. The molecule has 1 aliphatic carbocycles. The van der Waals surface area contributed by atoms with E-state index in [2.05, 4.69) is 20.6 Å². The first-order chi connectivity index (χ1) is 13.0. The summed E-state index contributed by atoms with van der Waals surface area (Å²) in [6.45, 7) is 5.13. The number of hydrogen-bond donors (Lipinski definition) is 3. The van der Waals surface area contributed by atoms with Crippen molar-refractivity contribution in [1.29, 1.82) is 0 Å². The predicted octanol–water partition coefficient (Wildman–Crippen LogP) is 2.02. The number of fused-ring (bicyclic) bond motifs is 2. The van der Waals surface area contributed by atoms with Crippen LogP contribution in [0.25, 0.3) is 0 Å². The van der Waals surface area contributed by atoms with Crippen molar-refractivity contribution in [1.82, 2.24) is 20.2 Å². The maximum absolute atomic E-state index is 12.8. The number of aliphatic hydroxyl groups is 1. The highest BCUT2D eigenvalue weighted by Gasteiger charge is 2.33. The summed E-state index contributed by atoms with van der Waals surface area (Å²) in [4.78, 5) is 23.5. The molecule has 142 valence electrons. The lowest BCUT2D eigenvalue weighted by molar-refractivity contribution is 0.132. The van der Waals surface area contributed by atoms with E-state index in [1.54, 1.807) is 4.90 Å². The zero-order chi connectivity index (χ0) is 19.0. The third-order valence-corrected chi connectivity index (χ3v) is 5.13. The fraction of sp³-hybridized carbons (Fsp3) is 0.450. The molecule has 0 saturated heterocycles. The number of nitrogens with zero attached hydrogens (tertiary/aromatic N) is 3. The minimum Gasteiger partial charge on any atom is -0.390 e. The molecule has 1 aromatic heterocycles. The Morgan fingerprint density at radius 1 is 1.30 bits per heavy atom. The van der Waals surface area contributed by atoms with Gasteiger partial charge in [0.1, 0.15) is 0 Å². The van der Waals surface area contributed by atoms with E-state index in [9.17, 15) is 9.90 Å². The number of carbonyl (C=O) groups is 1. The quantitative estimate of drug-likeness (QED) is 0.772. The first-order valence-electron chi connectivity index (χ1n) is 9.44. The molecule has 0 radical (unpaired) electrons. The summed E-state index contributed by atoms with van der Waals surface area (Å²) in [7, 11) is 0. The van der Waals surface area contributed by atoms with E-state index in [0.29, 0.717) is 25.5 Å². The zero-order valence-electron chi connectivity index (χ0n) is 15.6. The third kappa shape index (κ3) is 3.60. The molecule has 2 atom stereocenters. The van der Waals surface area contributed by atoms with Gasteiger partial charge in [-0.2, -0.15) is 0 Å². The molecular formula is C20H25N5O2. The van der Waals surface area contributed by atoms with Gasteiger partial charge < -0.3 is 20.6 Å². The van der Waals surface area contributed by atoms with Gasteiger partial charge in [-0.05, 0) is 37.0 Å². The number of aliphatic hydroxyl groups excluding tert-OH is 1. The minimum absolute atomic E-state index is 0.168. The van der Waals surface area contributed by atoms with Crippen LogP contribution in [-0.4, -0.2) is 44.7 Å². The van der Waals surface area contributed by atoms with Crippen molar-refractivity contribution in [3.05, 3.63) is 52.8 Å². The standard InChI is InChI=1S/C20H25N5O2/c1-12(2)22-19-21-10-14-7-8-25(11-16(14)23-19)20(27)24-18-15-6-4-3-5-13(15)9-17(18)26/h3-6,10,12,17-18,26H,7-9,11H2,1-2H3,(H,24,27)(H,21,22,23)/t17-,18-/m0/s1. The number of rotatable bonds is 3. The Balaban J connectivity index is 1.47. The van der Waals surface area contributed by atoms with Crippen molar-refractivity contribution in [2.75, 3.05) is 11.9 Å². The first-order valence-corrected chi connectivity index (χ1v) is 9.44. The lowest BCUT2D eigenvalue weighted by Gasteiger charge is -2.30. The van der Waals surface area contributed by atoms with E-state index >= 15 is 0 Å². The van der Waals surface area contributed by atoms with Gasteiger partial charge in [-0.25, -0.2) is 14.8 Å². The molecule has 0 fully saturated rings. The van der Waals surface area contributed by atoms with Gasteiger partial charge in [-0.15, -0.1) is 0 Å². The van der Waals surface area contributed by atoms with Crippen molar-refractivity contribution in [3.63, 3.8) is 0 Å². The summed E-state index contributed by atoms with van der Waals surface area (Å²) < 4.78 is 0. The van der Waals surface area contributed by atoms with Crippen LogP contribution in [-0.2, 0) is 19.4 Å². The van der Waals surface area contributed by atoms with Gasteiger partial charge in [-0.3, -0.25) is 0 Å². The van der Waals surface area contributed by atoms with Gasteiger partial charge in [0.25, 0.3) is 0 Å². The number of aromatic nitrogens is 2. The molecule has 2 aliphatic rings. The lowest BCUT2D eigenvalue weighted by atomic mass is 10.1. The van der Waals surface area contributed by atoms with E-state index < -0.39 is 6.10 Å². The maximum Gasteiger partial charge on any atom is 0.318 e. The molecule has 2 heterocycles. The van der Waals surface area contributed by atoms with Crippen molar-refractivity contribution in [2.24, 2.45) is 0 Å². The zero-order valence-corrected chi connectivity index (χ0v) is 15.6. The van der Waals surface area contributed by atoms with Crippen LogP contribution in [0, 0.1) is 0 Å². The molecule has 3 N–H and O–H groups in total. The number of anilines is 1. The summed E-state index contributed by atoms with van der Waals surface area (Å²) in [5.41, 5.74) is 4.06. The Hall–Kier alpha value is -2.67. The van der Waals surface area contributed by atoms with Crippen LogP contribution in [0.3, 0.4) is 0 Å². The molecule has 0 unspecified atom stereocenters. The molecule has 7 nitrogen and oxygen atoms in total. The van der Waals surface area contributed by atoms with Crippen LogP contribution < -0.4 is 10.6 Å². The summed E-state index contributed by atoms with van der Waals surface area (Å²) in [5.74, 6) is 0.589. The second-order valence-electron chi connectivity index (χ2n) is 7.53. The van der Waals surface area contributed by atoms with E-state index in [1.807, 2.05) is 44.3 Å². The molecule has 7 heteroatoms. The van der Waals surface area contributed by atoms with Gasteiger partial charge in [0.2, 0.25) is 5.95 Å². The van der Waals surface area contributed by atoms with E-state index in [1.165, 1.54) is 0 Å². The maximum atomic E-state index is 12.8. The molecular weight excluding hydrogens is 342 g/mol. The molecule has 1 aromatic carbocycles. The molecule has 2 amide bonds. The van der Waals surface area contributed by atoms with Crippen molar-refractivity contribution in [2.45, 2.75) is 51.4 Å². The number of hydrogen-bond acceptors (Lipinski definition) is 5. The number of nitrogens with one attached hydrogen (secondary N) is 2. The fourth-order valence-corrected chi connectivity index (χ4v) is 3.78. The molecule has 0 saturated carbocycles. The van der Waals surface area contributed by atoms with Gasteiger partial charge in [-0.1, -0.05) is 24.3 Å². The van der Waals surface area contributed by atoms with Crippen molar-refractivity contribution in [3.8, 4) is 0 Å². The molecule has 0 bridgehead atoms. The fourth-order valence-electron chi connectivity index (χ4n) is 3.78. The number of amides is 2. The van der Waals surface area contributed by atoms with Crippen LogP contribution in [0.1, 0.15) is 42.3 Å². The molecule has 1 aliphatic heterocycles. The Bertz CT molecular complexity index is 854. The monoisotopic (exact) mass is 367 g/mol. The first kappa shape index (κ1) is 17.7. The normalized spacial score (nSPS) is 21.0. The smallest absolute Gasteiger partial charge is 0.318 e. The van der Waals surface area contributed by atoms with Crippen molar-refractivity contribution >= 4 is 12.0 Å². The summed E-state index contributed by atoms with van der Waals surface area (Å²) in [6.07, 6.45) is 2.56. The number of benzene rings is 1. The highest BCUT2D eigenvalue weighted by Crippen LogP contribution is 2.31. The summed E-state index contributed by atoms with van der Waals surface area (Å²) in [6, 6.07) is 7.58. The highest BCUT2D eigenvalue weighted by molar-refractivity contribution is 5.75. The predicted molar refractivity (Wildman–Crippen MR) is 102 cm³/mol. The lowest BCUT2D eigenvalue weighted by Crippen LogP contribution is -2.46. The Morgan fingerprint density at radius 2 is 2.11 bits per heavy atom. The SMILES string of the molecule is CC(C)Nc1ncc2c(n1)CN(C(=O)N[C@H]1c3ccccc3C[C@@H]1O)CC2. The molecule has 4 rings (SSSR count). The van der Waals surface area contributed by atoms with Crippen LogP contribution in [0.4, 0.5) is 10.7 Å². The van der Waals surface area contributed by atoms with Crippen LogP contribution in [0.5, 0.6) is 0 Å². The Labute approximate surface area is 158 Å². The van der Waals surface area contributed by atoms with E-state index in [4.69, 9.17) is 0 Å². The van der Waals surface area contributed by atoms with Gasteiger partial charge in [0, 0.05) is 25.2 Å². The Kier molecular flexibility index (Phi) is 4.70. The minimum atomic E-state index is -0.590. The summed E-state index contributed by atoms with van der Waals surface area (Å²) >= 11 is 0. The van der Waals surface area contributed by atoms with E-state index in [-0.39, 0.29) is 18.1 Å². The van der Waals surface area contributed by atoms with Crippen LogP contribution >= 0.6 is 0 Å². The van der Waals surface area contributed by atoms with Gasteiger partial charge in [0.05, 0.1) is 24.4 Å². The number of carbonyl (C=O) groups excluding carboxylic acids is 1. The second kappa shape index (κ2) is 7.15. The van der Waals surface area contributed by atoms with Crippen LogP contribution in [0.2, 0.25) is 0 Å². The van der Waals surface area contributed by atoms with Crippen molar-refractivity contribution < 1.29 is 9.90 Å². The largest absolute Gasteiger partial charge is 0.390 e. The average molecular weight is 367 g/mol. The molecule has 0 spiro atoms. The van der Waals surface area contributed by atoms with Gasteiger partial charge in [0.15, 0.2) is 0 Å². The highest BCUT2D eigenvalue weighted by atomic mass is 16.3. The molecule has 2 aromatic rings. The third-order valence-electron chi connectivity index (χ3n) is 5.13. The Morgan fingerprint density at radius 3 is 2.93 bits per heavy atom. The topological polar surface area (TPSA) is 90.4 Å². The van der Waals surface area contributed by atoms with E-state index in [0.717, 1.165) is 28.8 Å².